The Morgan fingerprint density at radius 1 is 1.38 bits per heavy atom. The highest BCUT2D eigenvalue weighted by Gasteiger charge is 2.19. The van der Waals surface area contributed by atoms with Gasteiger partial charge in [-0.2, -0.15) is 0 Å². The normalized spacial score (nSPS) is 16.9. The van der Waals surface area contributed by atoms with Crippen LogP contribution in [0.3, 0.4) is 0 Å². The molecule has 1 aliphatic rings. The van der Waals surface area contributed by atoms with E-state index >= 15 is 0 Å². The Balaban J connectivity index is 1.84. The molecule has 24 heavy (non-hydrogen) atoms. The van der Waals surface area contributed by atoms with Crippen molar-refractivity contribution in [3.8, 4) is 0 Å². The SMILES string of the molecule is CCCN1CCC(NC(=NC)NCc2cccnc2N(C)C)CC1. The minimum absolute atomic E-state index is 0.506. The van der Waals surface area contributed by atoms with Crippen molar-refractivity contribution in [1.82, 2.24) is 20.5 Å². The summed E-state index contributed by atoms with van der Waals surface area (Å²) in [6, 6.07) is 4.58. The van der Waals surface area contributed by atoms with Crippen molar-refractivity contribution in [3.63, 3.8) is 0 Å². The van der Waals surface area contributed by atoms with Gasteiger partial charge in [-0.15, -0.1) is 0 Å². The fourth-order valence-corrected chi connectivity index (χ4v) is 3.16. The van der Waals surface area contributed by atoms with Gasteiger partial charge in [-0.1, -0.05) is 13.0 Å². The average molecular weight is 332 g/mol. The second kappa shape index (κ2) is 9.47. The molecule has 0 aliphatic carbocycles. The molecule has 6 nitrogen and oxygen atoms in total. The van der Waals surface area contributed by atoms with Crippen LogP contribution in [0.2, 0.25) is 0 Å². The number of hydrogen-bond donors (Lipinski definition) is 2. The van der Waals surface area contributed by atoms with Crippen molar-refractivity contribution in [2.75, 3.05) is 45.7 Å². The first kappa shape index (κ1) is 18.5. The molecule has 6 heteroatoms. The Labute approximate surface area is 146 Å². The molecule has 0 radical (unpaired) electrons. The molecule has 0 unspecified atom stereocenters. The first-order chi connectivity index (χ1) is 11.6. The summed E-state index contributed by atoms with van der Waals surface area (Å²) in [4.78, 5) is 13.4. The zero-order valence-electron chi connectivity index (χ0n) is 15.5. The van der Waals surface area contributed by atoms with E-state index in [-0.39, 0.29) is 0 Å². The fourth-order valence-electron chi connectivity index (χ4n) is 3.16. The van der Waals surface area contributed by atoms with Gasteiger partial charge < -0.3 is 20.4 Å². The lowest BCUT2D eigenvalue weighted by molar-refractivity contribution is 0.206. The number of hydrogen-bond acceptors (Lipinski definition) is 4. The molecule has 1 aliphatic heterocycles. The second-order valence-electron chi connectivity index (χ2n) is 6.57. The van der Waals surface area contributed by atoms with Crippen LogP contribution in [0.15, 0.2) is 23.3 Å². The molecule has 0 aromatic carbocycles. The van der Waals surface area contributed by atoms with E-state index in [9.17, 15) is 0 Å². The summed E-state index contributed by atoms with van der Waals surface area (Å²) in [5.74, 6) is 1.87. The van der Waals surface area contributed by atoms with Gasteiger partial charge in [0.25, 0.3) is 0 Å². The molecule has 2 heterocycles. The zero-order chi connectivity index (χ0) is 17.4. The van der Waals surface area contributed by atoms with Gasteiger partial charge in [0.05, 0.1) is 0 Å². The Bertz CT molecular complexity index is 520. The molecule has 0 saturated carbocycles. The first-order valence-corrected chi connectivity index (χ1v) is 8.94. The van der Waals surface area contributed by atoms with Crippen LogP contribution in [0, 0.1) is 0 Å². The molecule has 2 rings (SSSR count). The van der Waals surface area contributed by atoms with Crippen molar-refractivity contribution in [1.29, 1.82) is 0 Å². The second-order valence-corrected chi connectivity index (χ2v) is 6.57. The summed E-state index contributed by atoms with van der Waals surface area (Å²) in [5, 5.41) is 6.99. The number of guanidine groups is 1. The van der Waals surface area contributed by atoms with Crippen LogP contribution in [-0.2, 0) is 6.54 Å². The predicted octanol–water partition coefficient (Wildman–Crippen LogP) is 1.69. The molecule has 2 N–H and O–H groups in total. The summed E-state index contributed by atoms with van der Waals surface area (Å²) in [6.45, 7) is 6.53. The Morgan fingerprint density at radius 3 is 2.75 bits per heavy atom. The van der Waals surface area contributed by atoms with Crippen molar-refractivity contribution < 1.29 is 0 Å². The number of nitrogens with one attached hydrogen (secondary N) is 2. The Kier molecular flexibility index (Phi) is 7.31. The van der Waals surface area contributed by atoms with E-state index in [2.05, 4.69) is 38.5 Å². The third kappa shape index (κ3) is 5.37. The zero-order valence-corrected chi connectivity index (χ0v) is 15.5. The highest BCUT2D eigenvalue weighted by Crippen LogP contribution is 2.14. The molecule has 1 saturated heterocycles. The maximum Gasteiger partial charge on any atom is 0.191 e. The van der Waals surface area contributed by atoms with E-state index in [1.54, 1.807) is 0 Å². The van der Waals surface area contributed by atoms with Crippen LogP contribution in [0.5, 0.6) is 0 Å². The molecule has 0 spiro atoms. The quantitative estimate of drug-likeness (QED) is 0.613. The highest BCUT2D eigenvalue weighted by molar-refractivity contribution is 5.80. The summed E-state index contributed by atoms with van der Waals surface area (Å²) in [7, 11) is 5.86. The number of pyridine rings is 1. The lowest BCUT2D eigenvalue weighted by atomic mass is 10.1. The van der Waals surface area contributed by atoms with E-state index in [4.69, 9.17) is 0 Å². The fraction of sp³-hybridized carbons (Fsp3) is 0.667. The maximum atomic E-state index is 4.44. The number of aromatic nitrogens is 1. The van der Waals surface area contributed by atoms with Gasteiger partial charge in [-0.3, -0.25) is 4.99 Å². The largest absolute Gasteiger partial charge is 0.362 e. The van der Waals surface area contributed by atoms with Gasteiger partial charge in [0.15, 0.2) is 5.96 Å². The van der Waals surface area contributed by atoms with Crippen molar-refractivity contribution in [3.05, 3.63) is 23.9 Å². The minimum atomic E-state index is 0.506. The lowest BCUT2D eigenvalue weighted by Gasteiger charge is -2.32. The van der Waals surface area contributed by atoms with Gasteiger partial charge in [-0.05, 0) is 31.9 Å². The van der Waals surface area contributed by atoms with Crippen LogP contribution >= 0.6 is 0 Å². The van der Waals surface area contributed by atoms with Gasteiger partial charge in [0.1, 0.15) is 5.82 Å². The van der Waals surface area contributed by atoms with E-state index in [1.807, 2.05) is 38.3 Å². The molecular formula is C18H32N6. The number of rotatable bonds is 6. The van der Waals surface area contributed by atoms with Crippen LogP contribution < -0.4 is 15.5 Å². The van der Waals surface area contributed by atoms with Crippen molar-refractivity contribution >= 4 is 11.8 Å². The van der Waals surface area contributed by atoms with Crippen LogP contribution in [0.1, 0.15) is 31.7 Å². The van der Waals surface area contributed by atoms with Gasteiger partial charge in [0, 0.05) is 58.6 Å². The number of anilines is 1. The predicted molar refractivity (Wildman–Crippen MR) is 102 cm³/mol. The highest BCUT2D eigenvalue weighted by atomic mass is 15.2. The molecule has 1 aromatic heterocycles. The minimum Gasteiger partial charge on any atom is -0.362 e. The molecule has 0 bridgehead atoms. The molecule has 0 amide bonds. The lowest BCUT2D eigenvalue weighted by Crippen LogP contribution is -2.48. The van der Waals surface area contributed by atoms with E-state index in [1.165, 1.54) is 44.5 Å². The van der Waals surface area contributed by atoms with E-state index < -0.39 is 0 Å². The summed E-state index contributed by atoms with van der Waals surface area (Å²) in [6.07, 6.45) is 5.42. The summed E-state index contributed by atoms with van der Waals surface area (Å²) in [5.41, 5.74) is 1.17. The van der Waals surface area contributed by atoms with E-state index in [0.717, 1.165) is 18.3 Å². The summed E-state index contributed by atoms with van der Waals surface area (Å²) < 4.78 is 0. The smallest absolute Gasteiger partial charge is 0.191 e. The first-order valence-electron chi connectivity index (χ1n) is 8.94. The van der Waals surface area contributed by atoms with Crippen LogP contribution in [0.4, 0.5) is 5.82 Å². The molecule has 0 atom stereocenters. The monoisotopic (exact) mass is 332 g/mol. The average Bonchev–Trinajstić information content (AvgIpc) is 2.60. The topological polar surface area (TPSA) is 55.8 Å². The van der Waals surface area contributed by atoms with E-state index in [0.29, 0.717) is 6.04 Å². The summed E-state index contributed by atoms with van der Waals surface area (Å²) >= 11 is 0. The third-order valence-corrected chi connectivity index (χ3v) is 4.43. The van der Waals surface area contributed by atoms with Gasteiger partial charge in [0.2, 0.25) is 0 Å². The van der Waals surface area contributed by atoms with Crippen LogP contribution in [-0.4, -0.2) is 62.7 Å². The van der Waals surface area contributed by atoms with Crippen molar-refractivity contribution in [2.24, 2.45) is 4.99 Å². The maximum absolute atomic E-state index is 4.44. The number of likely N-dealkylation sites (tertiary alicyclic amines) is 1. The standard InChI is InChI=1S/C18H32N6/c1-5-11-24-12-8-16(9-13-24)22-18(19-2)21-14-15-7-6-10-20-17(15)23(3)4/h6-7,10,16H,5,8-9,11-14H2,1-4H3,(H2,19,21,22). The number of nitrogens with zero attached hydrogens (tertiary/aromatic N) is 4. The molecular weight excluding hydrogens is 300 g/mol. The third-order valence-electron chi connectivity index (χ3n) is 4.43. The van der Waals surface area contributed by atoms with Gasteiger partial charge >= 0.3 is 0 Å². The molecule has 134 valence electrons. The molecule has 1 aromatic rings. The number of piperidine rings is 1. The Hall–Kier alpha value is -1.82. The van der Waals surface area contributed by atoms with Crippen molar-refractivity contribution in [2.45, 2.75) is 38.8 Å². The van der Waals surface area contributed by atoms with Crippen LogP contribution in [0.25, 0.3) is 0 Å². The molecule has 1 fully saturated rings. The van der Waals surface area contributed by atoms with Gasteiger partial charge in [-0.25, -0.2) is 4.98 Å². The Morgan fingerprint density at radius 2 is 2.12 bits per heavy atom. The number of aliphatic imine (C=N–C) groups is 1.